The molecule has 1 heterocycles. The molecule has 2 atom stereocenters. The number of para-hydroxylation sites is 1. The number of nitrogens with one attached hydrogen (secondary N) is 1. The monoisotopic (exact) mass is 445 g/mol. The van der Waals surface area contributed by atoms with Crippen LogP contribution in [-0.2, 0) is 17.6 Å². The molecule has 0 bridgehead atoms. The first-order valence-electron chi connectivity index (χ1n) is 11.4. The normalized spacial score (nSPS) is 23.6. The second kappa shape index (κ2) is 7.96. The van der Waals surface area contributed by atoms with Gasteiger partial charge in [-0.1, -0.05) is 30.7 Å². The first kappa shape index (κ1) is 21.6. The third-order valence-corrected chi connectivity index (χ3v) is 7.49. The molecule has 0 aliphatic heterocycles. The maximum Gasteiger partial charge on any atom is 0.221 e. The number of aliphatic hydroxyl groups is 1. The zero-order valence-electron chi connectivity index (χ0n) is 18.9. The minimum absolute atomic E-state index is 0.0998. The maximum atomic E-state index is 13.4. The Kier molecular flexibility index (Phi) is 5.20. The van der Waals surface area contributed by atoms with Gasteiger partial charge in [-0.3, -0.25) is 4.79 Å². The van der Waals surface area contributed by atoms with Crippen LogP contribution in [0.4, 0.5) is 10.1 Å². The van der Waals surface area contributed by atoms with Crippen LogP contribution in [0.1, 0.15) is 49.9 Å². The molecule has 2 aromatic carbocycles. The molecule has 1 fully saturated rings. The quantitative estimate of drug-likeness (QED) is 0.576. The van der Waals surface area contributed by atoms with Crippen LogP contribution < -0.4 is 5.32 Å². The summed E-state index contributed by atoms with van der Waals surface area (Å²) in [6.45, 7) is 3.66. The Hall–Kier alpha value is -3.25. The average molecular weight is 446 g/mol. The molecule has 3 aromatic rings. The molecule has 1 amide bonds. The highest BCUT2D eigenvalue weighted by Crippen LogP contribution is 2.56. The maximum absolute atomic E-state index is 13.4. The van der Waals surface area contributed by atoms with Crippen molar-refractivity contribution in [2.45, 2.75) is 51.6 Å². The molecule has 5 nitrogen and oxygen atoms in total. The van der Waals surface area contributed by atoms with E-state index in [-0.39, 0.29) is 17.1 Å². The number of hydrogen-bond acceptors (Lipinski definition) is 3. The molecule has 1 saturated carbocycles. The van der Waals surface area contributed by atoms with Crippen LogP contribution in [0, 0.1) is 11.2 Å². The van der Waals surface area contributed by atoms with Gasteiger partial charge in [-0.2, -0.15) is 5.10 Å². The van der Waals surface area contributed by atoms with E-state index in [1.807, 2.05) is 35.1 Å². The lowest BCUT2D eigenvalue weighted by Crippen LogP contribution is -2.45. The van der Waals surface area contributed by atoms with Crippen molar-refractivity contribution in [3.05, 3.63) is 82.9 Å². The molecule has 0 radical (unpaired) electrons. The third kappa shape index (κ3) is 3.68. The van der Waals surface area contributed by atoms with Gasteiger partial charge in [0.15, 0.2) is 0 Å². The minimum atomic E-state index is -0.849. The summed E-state index contributed by atoms with van der Waals surface area (Å²) in [6, 6.07) is 14.1. The van der Waals surface area contributed by atoms with Crippen molar-refractivity contribution in [1.82, 2.24) is 9.78 Å². The molecule has 170 valence electrons. The summed E-state index contributed by atoms with van der Waals surface area (Å²) < 4.78 is 15.2. The van der Waals surface area contributed by atoms with Crippen LogP contribution >= 0.6 is 0 Å². The van der Waals surface area contributed by atoms with Gasteiger partial charge in [0.25, 0.3) is 0 Å². The summed E-state index contributed by atoms with van der Waals surface area (Å²) in [7, 11) is 0. The number of carbonyl (C=O) groups excluding carboxylic acids is 1. The van der Waals surface area contributed by atoms with Gasteiger partial charge in [-0.25, -0.2) is 9.07 Å². The zero-order valence-corrected chi connectivity index (χ0v) is 18.9. The van der Waals surface area contributed by atoms with Crippen LogP contribution in [0.5, 0.6) is 0 Å². The molecule has 2 N–H and O–H groups in total. The first-order valence-corrected chi connectivity index (χ1v) is 11.4. The molecule has 5 rings (SSSR count). The van der Waals surface area contributed by atoms with E-state index >= 15 is 0 Å². The van der Waals surface area contributed by atoms with Crippen LogP contribution in [-0.4, -0.2) is 26.4 Å². The lowest BCUT2D eigenvalue weighted by molar-refractivity contribution is -0.114. The number of rotatable bonds is 5. The molecule has 1 aromatic heterocycles. The van der Waals surface area contributed by atoms with Gasteiger partial charge in [0.1, 0.15) is 5.82 Å². The standard InChI is InChI=1S/C27H28FN3O2/c1-18(32)30-24-6-4-3-5-19(24)11-13-27(33)14-12-21-15-25-20(16-26(21,27)2)17-29-31(25)23-9-7-22(28)8-10-23/h3-10,15,17,33H,11-14,16H2,1-2H3,(H,30,32)/t26-,27-/m0/s1. The second-order valence-electron chi connectivity index (χ2n) is 9.49. The SMILES string of the molecule is CC(=O)Nc1ccccc1CC[C@]1(O)CCC2=Cc3c(cnn3-c3ccc(F)cc3)C[C@@]21C. The van der Waals surface area contributed by atoms with Crippen molar-refractivity contribution < 1.29 is 14.3 Å². The molecule has 33 heavy (non-hydrogen) atoms. The molecule has 2 aliphatic rings. The lowest BCUT2D eigenvalue weighted by atomic mass is 9.65. The number of hydrogen-bond donors (Lipinski definition) is 2. The van der Waals surface area contributed by atoms with E-state index in [1.54, 1.807) is 12.1 Å². The molecule has 0 saturated heterocycles. The van der Waals surface area contributed by atoms with E-state index in [2.05, 4.69) is 23.4 Å². The fourth-order valence-corrected chi connectivity index (χ4v) is 5.51. The lowest BCUT2D eigenvalue weighted by Gasteiger charge is -2.42. The summed E-state index contributed by atoms with van der Waals surface area (Å²) in [6.07, 6.45) is 7.55. The molecule has 2 aliphatic carbocycles. The van der Waals surface area contributed by atoms with Crippen LogP contribution in [0.3, 0.4) is 0 Å². The van der Waals surface area contributed by atoms with E-state index in [1.165, 1.54) is 24.6 Å². The van der Waals surface area contributed by atoms with Gasteiger partial charge in [-0.15, -0.1) is 0 Å². The predicted molar refractivity (Wildman–Crippen MR) is 127 cm³/mol. The minimum Gasteiger partial charge on any atom is -0.389 e. The number of amides is 1. The smallest absolute Gasteiger partial charge is 0.221 e. The summed E-state index contributed by atoms with van der Waals surface area (Å²) in [5.41, 5.74) is 4.76. The number of halogens is 1. The Balaban J connectivity index is 1.41. The predicted octanol–water partition coefficient (Wildman–Crippen LogP) is 5.07. The molecule has 0 unspecified atom stereocenters. The highest BCUT2D eigenvalue weighted by Gasteiger charge is 2.54. The van der Waals surface area contributed by atoms with Gasteiger partial charge < -0.3 is 10.4 Å². The Morgan fingerprint density at radius 1 is 1.21 bits per heavy atom. The number of benzene rings is 2. The van der Waals surface area contributed by atoms with Gasteiger partial charge >= 0.3 is 0 Å². The van der Waals surface area contributed by atoms with Crippen molar-refractivity contribution >= 4 is 17.7 Å². The molecule has 6 heteroatoms. The highest BCUT2D eigenvalue weighted by atomic mass is 19.1. The van der Waals surface area contributed by atoms with Gasteiger partial charge in [0.05, 0.1) is 23.2 Å². The fraction of sp³-hybridized carbons (Fsp3) is 0.333. The van der Waals surface area contributed by atoms with E-state index in [9.17, 15) is 14.3 Å². The number of nitrogens with zero attached hydrogens (tertiary/aromatic N) is 2. The Labute approximate surface area is 193 Å². The zero-order chi connectivity index (χ0) is 23.2. The number of anilines is 1. The number of aromatic nitrogens is 2. The van der Waals surface area contributed by atoms with Crippen LogP contribution in [0.2, 0.25) is 0 Å². The first-order chi connectivity index (χ1) is 15.8. The van der Waals surface area contributed by atoms with E-state index < -0.39 is 5.60 Å². The van der Waals surface area contributed by atoms with Crippen molar-refractivity contribution in [3.63, 3.8) is 0 Å². The van der Waals surface area contributed by atoms with Gasteiger partial charge in [0.2, 0.25) is 5.91 Å². The third-order valence-electron chi connectivity index (χ3n) is 7.49. The van der Waals surface area contributed by atoms with Crippen molar-refractivity contribution in [1.29, 1.82) is 0 Å². The molecule has 0 spiro atoms. The van der Waals surface area contributed by atoms with Crippen molar-refractivity contribution in [3.8, 4) is 5.69 Å². The van der Waals surface area contributed by atoms with Crippen LogP contribution in [0.25, 0.3) is 11.8 Å². The summed E-state index contributed by atoms with van der Waals surface area (Å²) in [5, 5.41) is 19.3. The fourth-order valence-electron chi connectivity index (χ4n) is 5.51. The van der Waals surface area contributed by atoms with Crippen molar-refractivity contribution in [2.75, 3.05) is 5.32 Å². The topological polar surface area (TPSA) is 67.2 Å². The summed E-state index contributed by atoms with van der Waals surface area (Å²) in [4.78, 5) is 11.6. The summed E-state index contributed by atoms with van der Waals surface area (Å²) >= 11 is 0. The Morgan fingerprint density at radius 2 is 1.97 bits per heavy atom. The van der Waals surface area contributed by atoms with Gasteiger partial charge in [-0.05, 0) is 79.6 Å². The summed E-state index contributed by atoms with van der Waals surface area (Å²) in [5.74, 6) is -0.371. The van der Waals surface area contributed by atoms with E-state index in [0.717, 1.165) is 34.6 Å². The number of aryl methyl sites for hydroxylation is 1. The Morgan fingerprint density at radius 3 is 2.73 bits per heavy atom. The molecular weight excluding hydrogens is 417 g/mol. The average Bonchev–Trinajstić information content (AvgIpc) is 3.30. The number of fused-ring (bicyclic) bond motifs is 2. The second-order valence-corrected chi connectivity index (χ2v) is 9.49. The van der Waals surface area contributed by atoms with Crippen LogP contribution in [0.15, 0.2) is 60.3 Å². The largest absolute Gasteiger partial charge is 0.389 e. The van der Waals surface area contributed by atoms with E-state index in [0.29, 0.717) is 25.7 Å². The van der Waals surface area contributed by atoms with Crippen molar-refractivity contribution in [2.24, 2.45) is 5.41 Å². The Bertz CT molecular complexity index is 1250. The van der Waals surface area contributed by atoms with Gasteiger partial charge in [0, 0.05) is 18.0 Å². The molecular formula is C27H28FN3O2. The number of carbonyl (C=O) groups is 1. The highest BCUT2D eigenvalue weighted by molar-refractivity contribution is 5.89. The van der Waals surface area contributed by atoms with E-state index in [4.69, 9.17) is 0 Å².